The summed E-state index contributed by atoms with van der Waals surface area (Å²) in [6.07, 6.45) is 2.99. The van der Waals surface area contributed by atoms with E-state index in [1.54, 1.807) is 4.90 Å². The quantitative estimate of drug-likeness (QED) is 0.860. The summed E-state index contributed by atoms with van der Waals surface area (Å²) in [6.45, 7) is 6.08. The van der Waals surface area contributed by atoms with Gasteiger partial charge in [0.15, 0.2) is 0 Å². The van der Waals surface area contributed by atoms with Crippen LogP contribution in [0.2, 0.25) is 0 Å². The molecule has 0 aromatic carbocycles. The van der Waals surface area contributed by atoms with E-state index in [4.69, 9.17) is 0 Å². The number of aliphatic carboxylic acids is 1. The Morgan fingerprint density at radius 3 is 2.30 bits per heavy atom. The monoisotopic (exact) mass is 282 g/mol. The standard InChI is InChI=1S/C15H26N2O3/c1-4-15(13(18)19)5-7-17(8-6-15)14(20)16(3)10-12-9-11(12)2/h11-12H,4-10H2,1-3H3,(H,18,19). The minimum Gasteiger partial charge on any atom is -0.481 e. The van der Waals surface area contributed by atoms with Crippen molar-refractivity contribution in [3.63, 3.8) is 0 Å². The van der Waals surface area contributed by atoms with Gasteiger partial charge in [0, 0.05) is 26.7 Å². The Balaban J connectivity index is 1.86. The lowest BCUT2D eigenvalue weighted by atomic mass is 9.76. The largest absolute Gasteiger partial charge is 0.481 e. The smallest absolute Gasteiger partial charge is 0.319 e. The van der Waals surface area contributed by atoms with Gasteiger partial charge in [-0.1, -0.05) is 13.8 Å². The molecular weight excluding hydrogens is 256 g/mol. The maximum atomic E-state index is 12.3. The topological polar surface area (TPSA) is 60.9 Å². The maximum absolute atomic E-state index is 12.3. The number of likely N-dealkylation sites (tertiary alicyclic amines) is 1. The fourth-order valence-corrected chi connectivity index (χ4v) is 3.17. The summed E-state index contributed by atoms with van der Waals surface area (Å²) in [7, 11) is 1.85. The number of rotatable bonds is 4. The Bertz CT molecular complexity index is 389. The number of urea groups is 1. The molecule has 0 bridgehead atoms. The number of carboxylic acids is 1. The van der Waals surface area contributed by atoms with Crippen LogP contribution in [0, 0.1) is 17.3 Å². The third-order valence-corrected chi connectivity index (χ3v) is 5.23. The Kier molecular flexibility index (Phi) is 4.25. The zero-order valence-electron chi connectivity index (χ0n) is 12.8. The van der Waals surface area contributed by atoms with Gasteiger partial charge in [0.05, 0.1) is 5.41 Å². The van der Waals surface area contributed by atoms with Crippen molar-refractivity contribution in [2.24, 2.45) is 17.3 Å². The van der Waals surface area contributed by atoms with E-state index in [-0.39, 0.29) is 6.03 Å². The molecule has 2 aliphatic rings. The SMILES string of the molecule is CCC1(C(=O)O)CCN(C(=O)N(C)CC2CC2C)CC1. The van der Waals surface area contributed by atoms with Crippen LogP contribution in [0.5, 0.6) is 0 Å². The molecule has 0 aromatic rings. The molecule has 1 aliphatic heterocycles. The number of amides is 2. The number of carbonyl (C=O) groups is 2. The minimum atomic E-state index is -0.716. The fourth-order valence-electron chi connectivity index (χ4n) is 3.17. The van der Waals surface area contributed by atoms with Gasteiger partial charge in [0.25, 0.3) is 0 Å². The molecular formula is C15H26N2O3. The minimum absolute atomic E-state index is 0.0548. The molecule has 2 atom stereocenters. The van der Waals surface area contributed by atoms with E-state index in [0.29, 0.717) is 38.3 Å². The normalized spacial score (nSPS) is 28.1. The van der Waals surface area contributed by atoms with Crippen molar-refractivity contribution in [2.45, 2.75) is 39.5 Å². The molecule has 2 rings (SSSR count). The molecule has 1 saturated carbocycles. The highest BCUT2D eigenvalue weighted by molar-refractivity contribution is 5.77. The number of piperidine rings is 1. The van der Waals surface area contributed by atoms with Crippen molar-refractivity contribution in [3.8, 4) is 0 Å². The van der Waals surface area contributed by atoms with Gasteiger partial charge >= 0.3 is 12.0 Å². The van der Waals surface area contributed by atoms with Crippen molar-refractivity contribution in [2.75, 3.05) is 26.7 Å². The van der Waals surface area contributed by atoms with Crippen molar-refractivity contribution < 1.29 is 14.7 Å². The van der Waals surface area contributed by atoms with Crippen LogP contribution in [0.3, 0.4) is 0 Å². The summed E-state index contributed by atoms with van der Waals surface area (Å²) in [5.74, 6) is 0.682. The van der Waals surface area contributed by atoms with E-state index < -0.39 is 11.4 Å². The van der Waals surface area contributed by atoms with E-state index in [2.05, 4.69) is 6.92 Å². The average molecular weight is 282 g/mol. The molecule has 1 saturated heterocycles. The van der Waals surface area contributed by atoms with E-state index in [1.165, 1.54) is 6.42 Å². The molecule has 5 heteroatoms. The van der Waals surface area contributed by atoms with Gasteiger partial charge in [-0.25, -0.2) is 4.79 Å². The van der Waals surface area contributed by atoms with E-state index in [1.807, 2.05) is 18.9 Å². The molecule has 2 unspecified atom stereocenters. The molecule has 2 fully saturated rings. The Labute approximate surface area is 120 Å². The van der Waals surface area contributed by atoms with E-state index >= 15 is 0 Å². The number of carbonyl (C=O) groups excluding carboxylic acids is 1. The summed E-state index contributed by atoms with van der Waals surface area (Å²) in [6, 6.07) is 0.0548. The Morgan fingerprint density at radius 2 is 1.90 bits per heavy atom. The van der Waals surface area contributed by atoms with Gasteiger partial charge < -0.3 is 14.9 Å². The van der Waals surface area contributed by atoms with Crippen LogP contribution in [0.4, 0.5) is 4.79 Å². The average Bonchev–Trinajstić information content (AvgIpc) is 3.13. The van der Waals surface area contributed by atoms with Gasteiger partial charge in [-0.15, -0.1) is 0 Å². The van der Waals surface area contributed by atoms with Gasteiger partial charge in [-0.3, -0.25) is 4.79 Å². The molecule has 1 N–H and O–H groups in total. The van der Waals surface area contributed by atoms with Crippen molar-refractivity contribution in [3.05, 3.63) is 0 Å². The van der Waals surface area contributed by atoms with Crippen LogP contribution < -0.4 is 0 Å². The predicted molar refractivity (Wildman–Crippen MR) is 76.5 cm³/mol. The van der Waals surface area contributed by atoms with Crippen LogP contribution in [0.1, 0.15) is 39.5 Å². The highest BCUT2D eigenvalue weighted by atomic mass is 16.4. The third kappa shape index (κ3) is 2.91. The number of hydrogen-bond donors (Lipinski definition) is 1. The summed E-state index contributed by atoms with van der Waals surface area (Å²) < 4.78 is 0. The molecule has 1 aliphatic carbocycles. The zero-order valence-corrected chi connectivity index (χ0v) is 12.8. The summed E-state index contributed by atoms with van der Waals surface area (Å²) >= 11 is 0. The highest BCUT2D eigenvalue weighted by Crippen LogP contribution is 2.38. The third-order valence-electron chi connectivity index (χ3n) is 5.23. The Morgan fingerprint density at radius 1 is 1.35 bits per heavy atom. The number of carboxylic acid groups (broad SMARTS) is 1. The molecule has 114 valence electrons. The number of hydrogen-bond acceptors (Lipinski definition) is 2. The van der Waals surface area contributed by atoms with Crippen molar-refractivity contribution >= 4 is 12.0 Å². The van der Waals surface area contributed by atoms with Gasteiger partial charge in [-0.2, -0.15) is 0 Å². The first-order chi connectivity index (χ1) is 9.39. The molecule has 0 radical (unpaired) electrons. The summed E-state index contributed by atoms with van der Waals surface area (Å²) in [4.78, 5) is 27.3. The molecule has 0 aromatic heterocycles. The lowest BCUT2D eigenvalue weighted by Gasteiger charge is -2.39. The number of nitrogens with zero attached hydrogens (tertiary/aromatic N) is 2. The molecule has 5 nitrogen and oxygen atoms in total. The second kappa shape index (κ2) is 5.62. The first-order valence-corrected chi connectivity index (χ1v) is 7.63. The van der Waals surface area contributed by atoms with Crippen molar-refractivity contribution in [1.82, 2.24) is 9.80 Å². The second-order valence-corrected chi connectivity index (χ2v) is 6.56. The predicted octanol–water partition coefficient (Wildman–Crippen LogP) is 2.27. The summed E-state index contributed by atoms with van der Waals surface area (Å²) in [5, 5.41) is 9.37. The molecule has 2 amide bonds. The van der Waals surface area contributed by atoms with Crippen LogP contribution in [-0.4, -0.2) is 53.6 Å². The first kappa shape index (κ1) is 15.1. The molecule has 1 heterocycles. The Hall–Kier alpha value is -1.26. The zero-order chi connectivity index (χ0) is 14.9. The van der Waals surface area contributed by atoms with Gasteiger partial charge in [-0.05, 0) is 37.5 Å². The van der Waals surface area contributed by atoms with E-state index in [9.17, 15) is 14.7 Å². The van der Waals surface area contributed by atoms with Gasteiger partial charge in [0.2, 0.25) is 0 Å². The lowest BCUT2D eigenvalue weighted by Crippen LogP contribution is -2.50. The van der Waals surface area contributed by atoms with Gasteiger partial charge in [0.1, 0.15) is 0 Å². The van der Waals surface area contributed by atoms with Crippen LogP contribution in [0.15, 0.2) is 0 Å². The van der Waals surface area contributed by atoms with E-state index in [0.717, 1.165) is 12.5 Å². The first-order valence-electron chi connectivity index (χ1n) is 7.63. The summed E-state index contributed by atoms with van der Waals surface area (Å²) in [5.41, 5.74) is -0.625. The lowest BCUT2D eigenvalue weighted by molar-refractivity contribution is -0.152. The van der Waals surface area contributed by atoms with Crippen LogP contribution in [-0.2, 0) is 4.79 Å². The van der Waals surface area contributed by atoms with Crippen LogP contribution >= 0.6 is 0 Å². The molecule has 20 heavy (non-hydrogen) atoms. The fraction of sp³-hybridized carbons (Fsp3) is 0.867. The van der Waals surface area contributed by atoms with Crippen LogP contribution in [0.25, 0.3) is 0 Å². The van der Waals surface area contributed by atoms with Crippen molar-refractivity contribution in [1.29, 1.82) is 0 Å². The highest BCUT2D eigenvalue weighted by Gasteiger charge is 2.42. The second-order valence-electron chi connectivity index (χ2n) is 6.56. The maximum Gasteiger partial charge on any atom is 0.319 e. The molecule has 0 spiro atoms.